The lowest BCUT2D eigenvalue weighted by Gasteiger charge is -2.32. The first-order valence-corrected chi connectivity index (χ1v) is 11.2. The quantitative estimate of drug-likeness (QED) is 0.489. The number of benzene rings is 2. The van der Waals surface area contributed by atoms with Gasteiger partial charge >= 0.3 is 12.1 Å². The second-order valence-corrected chi connectivity index (χ2v) is 9.94. The highest BCUT2D eigenvalue weighted by molar-refractivity contribution is 6.08. The van der Waals surface area contributed by atoms with Crippen LogP contribution in [0.1, 0.15) is 43.2 Å². The zero-order chi connectivity index (χ0) is 25.2. The van der Waals surface area contributed by atoms with Crippen molar-refractivity contribution >= 4 is 22.6 Å². The Kier molecular flexibility index (Phi) is 5.61. The number of carboxylic acids is 1. The first-order valence-electron chi connectivity index (χ1n) is 11.2. The van der Waals surface area contributed by atoms with Crippen molar-refractivity contribution < 1.29 is 27.8 Å². The molecular formula is C26H29F3N2O3. The van der Waals surface area contributed by atoms with Gasteiger partial charge in [-0.3, -0.25) is 4.79 Å². The van der Waals surface area contributed by atoms with Crippen LogP contribution in [0, 0.1) is 13.8 Å². The average Bonchev–Trinajstić information content (AvgIpc) is 3.01. The highest BCUT2D eigenvalue weighted by atomic mass is 19.4. The van der Waals surface area contributed by atoms with Crippen LogP contribution in [0.3, 0.4) is 0 Å². The lowest BCUT2D eigenvalue weighted by Crippen LogP contribution is -2.29. The van der Waals surface area contributed by atoms with Gasteiger partial charge in [-0.05, 0) is 69.5 Å². The van der Waals surface area contributed by atoms with Crippen molar-refractivity contribution in [2.45, 2.75) is 59.4 Å². The number of rotatable bonds is 4. The van der Waals surface area contributed by atoms with Gasteiger partial charge in [-0.1, -0.05) is 6.07 Å². The summed E-state index contributed by atoms with van der Waals surface area (Å²) in [5, 5.41) is 10.6. The molecule has 0 atom stereocenters. The van der Waals surface area contributed by atoms with Gasteiger partial charge in [-0.15, -0.1) is 0 Å². The topological polar surface area (TPSA) is 54.7 Å². The first kappa shape index (κ1) is 24.0. The lowest BCUT2D eigenvalue weighted by atomic mass is 9.87. The fourth-order valence-corrected chi connectivity index (χ4v) is 4.91. The Hall–Kier alpha value is -3.16. The molecule has 1 aliphatic rings. The van der Waals surface area contributed by atoms with E-state index < -0.39 is 23.3 Å². The summed E-state index contributed by atoms with van der Waals surface area (Å²) < 4.78 is 48.9. The molecule has 1 aliphatic heterocycles. The highest BCUT2D eigenvalue weighted by Crippen LogP contribution is 2.48. The molecule has 0 unspecified atom stereocenters. The summed E-state index contributed by atoms with van der Waals surface area (Å²) in [4.78, 5) is 14.0. The van der Waals surface area contributed by atoms with E-state index in [-0.39, 0.29) is 12.2 Å². The van der Waals surface area contributed by atoms with Gasteiger partial charge < -0.3 is 19.3 Å². The molecule has 1 aromatic heterocycles. The molecule has 0 saturated carbocycles. The Balaban J connectivity index is 2.14. The van der Waals surface area contributed by atoms with Crippen LogP contribution in [-0.4, -0.2) is 34.8 Å². The van der Waals surface area contributed by atoms with E-state index in [1.165, 1.54) is 6.07 Å². The molecule has 2 heterocycles. The van der Waals surface area contributed by atoms with Crippen LogP contribution < -0.4 is 9.64 Å². The zero-order valence-electron chi connectivity index (χ0n) is 20.2. The number of aryl methyl sites for hydroxylation is 1. The summed E-state index contributed by atoms with van der Waals surface area (Å²) in [6, 6.07) is 5.45. The molecule has 2 aromatic carbocycles. The molecular weight excluding hydrogens is 445 g/mol. The minimum absolute atomic E-state index is 0.0817. The van der Waals surface area contributed by atoms with Crippen LogP contribution in [0.4, 0.5) is 18.9 Å². The van der Waals surface area contributed by atoms with Gasteiger partial charge in [0, 0.05) is 36.8 Å². The number of ether oxygens (including phenoxy) is 1. The number of aliphatic carboxylic acids is 1. The van der Waals surface area contributed by atoms with Gasteiger partial charge in [0.05, 0.1) is 23.2 Å². The number of hydrogen-bond acceptors (Lipinski definition) is 3. The van der Waals surface area contributed by atoms with Crippen molar-refractivity contribution in [1.82, 2.24) is 4.57 Å². The molecule has 0 fully saturated rings. The molecule has 8 heteroatoms. The minimum Gasteiger partial charge on any atom is -0.487 e. The first-order chi connectivity index (χ1) is 15.7. The molecule has 0 amide bonds. The monoisotopic (exact) mass is 474 g/mol. The largest absolute Gasteiger partial charge is 0.487 e. The summed E-state index contributed by atoms with van der Waals surface area (Å²) >= 11 is 0. The van der Waals surface area contributed by atoms with Crippen molar-refractivity contribution in [2.75, 3.05) is 18.5 Å². The number of halogens is 3. The molecule has 182 valence electrons. The van der Waals surface area contributed by atoms with Crippen molar-refractivity contribution in [1.29, 1.82) is 0 Å². The van der Waals surface area contributed by atoms with Gasteiger partial charge in [-0.2, -0.15) is 13.2 Å². The van der Waals surface area contributed by atoms with E-state index in [1.54, 1.807) is 20.8 Å². The van der Waals surface area contributed by atoms with Gasteiger partial charge in [0.1, 0.15) is 11.4 Å². The van der Waals surface area contributed by atoms with E-state index >= 15 is 0 Å². The summed E-state index contributed by atoms with van der Waals surface area (Å²) in [6.07, 6.45) is -4.78. The standard InChI is InChI=1S/C26H29F3N2O3/c1-14-11-19-22(17-8-7-16(26(27,28)29)12-20(17)34-25(3,4)5)18(13-21(32)33)15(2)23-24(19)31(14)10-9-30(23)6/h7-8,11-12H,9-10,13H2,1-6H3,(H,32,33). The van der Waals surface area contributed by atoms with Crippen molar-refractivity contribution in [2.24, 2.45) is 0 Å². The number of carboxylic acid groups (broad SMARTS) is 1. The van der Waals surface area contributed by atoms with Gasteiger partial charge in [0.25, 0.3) is 0 Å². The number of hydrogen-bond donors (Lipinski definition) is 1. The summed E-state index contributed by atoms with van der Waals surface area (Å²) in [5.74, 6) is -0.922. The third-order valence-corrected chi connectivity index (χ3v) is 6.27. The second-order valence-electron chi connectivity index (χ2n) is 9.94. The Morgan fingerprint density at radius 1 is 1.12 bits per heavy atom. The number of nitrogens with zero attached hydrogens (tertiary/aromatic N) is 2. The molecule has 1 N–H and O–H groups in total. The van der Waals surface area contributed by atoms with Gasteiger partial charge in [0.2, 0.25) is 0 Å². The molecule has 3 aromatic rings. The number of likely N-dealkylation sites (N-methyl/N-ethyl adjacent to an activating group) is 1. The Labute approximate surface area is 196 Å². The number of carbonyl (C=O) groups is 1. The maximum Gasteiger partial charge on any atom is 0.416 e. The predicted octanol–water partition coefficient (Wildman–Crippen LogP) is 6.20. The third kappa shape index (κ3) is 4.10. The zero-order valence-corrected chi connectivity index (χ0v) is 20.2. The van der Waals surface area contributed by atoms with E-state index in [0.29, 0.717) is 16.7 Å². The molecule has 0 bridgehead atoms. The molecule has 0 aliphatic carbocycles. The number of anilines is 1. The van der Waals surface area contributed by atoms with E-state index in [2.05, 4.69) is 9.47 Å². The number of alkyl halides is 3. The van der Waals surface area contributed by atoms with E-state index in [0.717, 1.165) is 53.1 Å². The maximum absolute atomic E-state index is 13.6. The Morgan fingerprint density at radius 2 is 1.79 bits per heavy atom. The van der Waals surface area contributed by atoms with Crippen molar-refractivity contribution in [3.8, 4) is 16.9 Å². The van der Waals surface area contributed by atoms with Crippen molar-refractivity contribution in [3.05, 3.63) is 46.6 Å². The third-order valence-electron chi connectivity index (χ3n) is 6.27. The minimum atomic E-state index is -4.53. The lowest BCUT2D eigenvalue weighted by molar-refractivity contribution is -0.138. The Bertz CT molecular complexity index is 1300. The number of aromatic nitrogens is 1. The SMILES string of the molecule is Cc1c(CC(=O)O)c(-c2ccc(C(F)(F)F)cc2OC(C)(C)C)c2cc(C)n3c2c1N(C)CC3. The average molecular weight is 475 g/mol. The van der Waals surface area contributed by atoms with Gasteiger partial charge in [-0.25, -0.2) is 0 Å². The van der Waals surface area contributed by atoms with Crippen LogP contribution in [0.2, 0.25) is 0 Å². The van der Waals surface area contributed by atoms with E-state index in [4.69, 9.17) is 4.74 Å². The normalized spacial score (nSPS) is 14.1. The van der Waals surface area contributed by atoms with Crippen LogP contribution >= 0.6 is 0 Å². The second kappa shape index (κ2) is 7.96. The van der Waals surface area contributed by atoms with Crippen LogP contribution in [0.25, 0.3) is 22.0 Å². The Morgan fingerprint density at radius 3 is 2.38 bits per heavy atom. The van der Waals surface area contributed by atoms with E-state index in [9.17, 15) is 23.1 Å². The molecule has 0 saturated heterocycles. The summed E-state index contributed by atoms with van der Waals surface area (Å²) in [6.45, 7) is 10.7. The van der Waals surface area contributed by atoms with Crippen LogP contribution in [-0.2, 0) is 23.9 Å². The van der Waals surface area contributed by atoms with Crippen LogP contribution in [0.5, 0.6) is 5.75 Å². The predicted molar refractivity (Wildman–Crippen MR) is 127 cm³/mol. The summed E-state index contributed by atoms with van der Waals surface area (Å²) in [7, 11) is 1.98. The van der Waals surface area contributed by atoms with E-state index in [1.807, 2.05) is 27.0 Å². The van der Waals surface area contributed by atoms with Crippen molar-refractivity contribution in [3.63, 3.8) is 0 Å². The van der Waals surface area contributed by atoms with Crippen LogP contribution in [0.15, 0.2) is 24.3 Å². The molecule has 0 radical (unpaired) electrons. The fourth-order valence-electron chi connectivity index (χ4n) is 4.91. The maximum atomic E-state index is 13.6. The summed E-state index contributed by atoms with van der Waals surface area (Å²) in [5.41, 5.74) is 3.84. The highest BCUT2D eigenvalue weighted by Gasteiger charge is 2.34. The van der Waals surface area contributed by atoms with Gasteiger partial charge in [0.15, 0.2) is 0 Å². The molecule has 0 spiro atoms. The molecule has 34 heavy (non-hydrogen) atoms. The smallest absolute Gasteiger partial charge is 0.416 e. The molecule has 4 rings (SSSR count). The molecule has 5 nitrogen and oxygen atoms in total. The fraction of sp³-hybridized carbons (Fsp3) is 0.423.